The van der Waals surface area contributed by atoms with E-state index < -0.39 is 23.1 Å². The van der Waals surface area contributed by atoms with Crippen LogP contribution in [0.25, 0.3) is 0 Å². The van der Waals surface area contributed by atoms with Gasteiger partial charge < -0.3 is 9.84 Å². The summed E-state index contributed by atoms with van der Waals surface area (Å²) in [4.78, 5) is 20.6. The summed E-state index contributed by atoms with van der Waals surface area (Å²) in [5, 5.41) is 19.3. The number of nitro groups is 1. The van der Waals surface area contributed by atoms with Crippen LogP contribution in [-0.2, 0) is 9.53 Å². The SMILES string of the molecule is O=C(O)C1OC1c1ccccc1[N+](=O)[O-]. The first-order valence-electron chi connectivity index (χ1n) is 4.23. The molecule has 2 unspecified atom stereocenters. The van der Waals surface area contributed by atoms with Gasteiger partial charge in [0.15, 0.2) is 6.10 Å². The van der Waals surface area contributed by atoms with Crippen molar-refractivity contribution in [1.82, 2.24) is 0 Å². The summed E-state index contributed by atoms with van der Waals surface area (Å²) in [6, 6.07) is 5.98. The standard InChI is InChI=1S/C9H7NO5/c11-9(12)8-7(15-8)5-3-1-2-4-6(5)10(13)14/h1-4,7-8H,(H,11,12). The first-order chi connectivity index (χ1) is 7.11. The van der Waals surface area contributed by atoms with Crippen molar-refractivity contribution in [3.05, 3.63) is 39.9 Å². The predicted octanol–water partition coefficient (Wildman–Crippen LogP) is 1.12. The molecular weight excluding hydrogens is 202 g/mol. The van der Waals surface area contributed by atoms with Gasteiger partial charge in [-0.15, -0.1) is 0 Å². The fraction of sp³-hybridized carbons (Fsp3) is 0.222. The minimum absolute atomic E-state index is 0.105. The molecule has 1 heterocycles. The second-order valence-corrected chi connectivity index (χ2v) is 3.13. The second kappa shape index (κ2) is 3.32. The average Bonchev–Trinajstić information content (AvgIpc) is 2.97. The molecule has 0 radical (unpaired) electrons. The van der Waals surface area contributed by atoms with Crippen LogP contribution in [0.1, 0.15) is 11.7 Å². The van der Waals surface area contributed by atoms with Crippen molar-refractivity contribution >= 4 is 11.7 Å². The van der Waals surface area contributed by atoms with E-state index in [-0.39, 0.29) is 5.69 Å². The van der Waals surface area contributed by atoms with Crippen LogP contribution in [0.3, 0.4) is 0 Å². The number of ether oxygens (including phenoxy) is 1. The Balaban J connectivity index is 2.30. The number of carboxylic acid groups (broad SMARTS) is 1. The lowest BCUT2D eigenvalue weighted by Gasteiger charge is -1.97. The summed E-state index contributed by atoms with van der Waals surface area (Å²) in [6.07, 6.45) is -1.64. The van der Waals surface area contributed by atoms with Crippen molar-refractivity contribution in [1.29, 1.82) is 0 Å². The summed E-state index contributed by atoms with van der Waals surface area (Å²) in [5.74, 6) is -1.10. The number of hydrogen-bond acceptors (Lipinski definition) is 4. The Morgan fingerprint density at radius 2 is 2.13 bits per heavy atom. The van der Waals surface area contributed by atoms with E-state index in [0.29, 0.717) is 5.56 Å². The van der Waals surface area contributed by atoms with Gasteiger partial charge in [0.1, 0.15) is 6.10 Å². The third kappa shape index (κ3) is 1.66. The molecule has 1 aliphatic rings. The third-order valence-corrected chi connectivity index (χ3v) is 2.17. The molecule has 2 rings (SSSR count). The molecule has 1 N–H and O–H groups in total. The maximum absolute atomic E-state index is 10.6. The summed E-state index contributed by atoms with van der Waals surface area (Å²) in [7, 11) is 0. The van der Waals surface area contributed by atoms with Gasteiger partial charge in [-0.25, -0.2) is 4.79 Å². The molecule has 0 saturated carbocycles. The van der Waals surface area contributed by atoms with Crippen molar-refractivity contribution < 1.29 is 19.6 Å². The topological polar surface area (TPSA) is 93.0 Å². The van der Waals surface area contributed by atoms with E-state index in [1.165, 1.54) is 18.2 Å². The van der Waals surface area contributed by atoms with Crippen LogP contribution in [0.15, 0.2) is 24.3 Å². The predicted molar refractivity (Wildman–Crippen MR) is 48.3 cm³/mol. The van der Waals surface area contributed by atoms with Gasteiger partial charge in [-0.1, -0.05) is 12.1 Å². The monoisotopic (exact) mass is 209 g/mol. The lowest BCUT2D eigenvalue weighted by atomic mass is 10.1. The molecule has 6 nitrogen and oxygen atoms in total. The molecule has 78 valence electrons. The van der Waals surface area contributed by atoms with Crippen molar-refractivity contribution in [2.24, 2.45) is 0 Å². The molecule has 0 aliphatic carbocycles. The van der Waals surface area contributed by atoms with Crippen LogP contribution >= 0.6 is 0 Å². The maximum atomic E-state index is 10.6. The molecule has 6 heteroatoms. The second-order valence-electron chi connectivity index (χ2n) is 3.13. The Morgan fingerprint density at radius 3 is 2.67 bits per heavy atom. The van der Waals surface area contributed by atoms with Crippen LogP contribution in [0.2, 0.25) is 0 Å². The van der Waals surface area contributed by atoms with Crippen LogP contribution in [0, 0.1) is 10.1 Å². The normalized spacial score (nSPS) is 23.5. The molecule has 0 spiro atoms. The Bertz CT molecular complexity index is 430. The fourth-order valence-corrected chi connectivity index (χ4v) is 1.43. The largest absolute Gasteiger partial charge is 0.479 e. The Morgan fingerprint density at radius 1 is 1.47 bits per heavy atom. The number of carbonyl (C=O) groups is 1. The van der Waals surface area contributed by atoms with E-state index in [0.717, 1.165) is 0 Å². The number of nitrogens with zero attached hydrogens (tertiary/aromatic N) is 1. The molecule has 15 heavy (non-hydrogen) atoms. The highest BCUT2D eigenvalue weighted by atomic mass is 16.6. The first kappa shape index (κ1) is 9.60. The quantitative estimate of drug-likeness (QED) is 0.457. The van der Waals surface area contributed by atoms with Gasteiger partial charge in [0.2, 0.25) is 0 Å². The molecule has 0 aromatic heterocycles. The van der Waals surface area contributed by atoms with E-state index in [2.05, 4.69) is 0 Å². The number of rotatable bonds is 3. The Labute approximate surface area is 84.2 Å². The number of aliphatic carboxylic acids is 1. The number of hydrogen-bond donors (Lipinski definition) is 1. The van der Waals surface area contributed by atoms with E-state index in [4.69, 9.17) is 9.84 Å². The van der Waals surface area contributed by atoms with Crippen LogP contribution in [-0.4, -0.2) is 22.1 Å². The van der Waals surface area contributed by atoms with E-state index >= 15 is 0 Å². The molecule has 0 bridgehead atoms. The van der Waals surface area contributed by atoms with E-state index in [9.17, 15) is 14.9 Å². The minimum Gasteiger partial charge on any atom is -0.479 e. The summed E-state index contributed by atoms with van der Waals surface area (Å²) in [5.41, 5.74) is 0.209. The zero-order valence-electron chi connectivity index (χ0n) is 7.49. The minimum atomic E-state index is -1.10. The van der Waals surface area contributed by atoms with Gasteiger partial charge >= 0.3 is 5.97 Å². The van der Waals surface area contributed by atoms with Crippen molar-refractivity contribution in [3.8, 4) is 0 Å². The highest BCUT2D eigenvalue weighted by Gasteiger charge is 2.49. The highest BCUT2D eigenvalue weighted by Crippen LogP contribution is 2.42. The molecule has 1 saturated heterocycles. The highest BCUT2D eigenvalue weighted by molar-refractivity contribution is 5.76. The molecular formula is C9H7NO5. The zero-order chi connectivity index (χ0) is 11.0. The molecule has 0 amide bonds. The molecule has 1 aliphatic heterocycles. The summed E-state index contributed by atoms with van der Waals surface area (Å²) < 4.78 is 4.85. The van der Waals surface area contributed by atoms with Gasteiger partial charge in [0.05, 0.1) is 10.5 Å². The lowest BCUT2D eigenvalue weighted by Crippen LogP contribution is -2.05. The summed E-state index contributed by atoms with van der Waals surface area (Å²) in [6.45, 7) is 0. The van der Waals surface area contributed by atoms with Gasteiger partial charge in [-0.2, -0.15) is 0 Å². The smallest absolute Gasteiger partial charge is 0.335 e. The first-order valence-corrected chi connectivity index (χ1v) is 4.23. The van der Waals surface area contributed by atoms with Crippen LogP contribution in [0.5, 0.6) is 0 Å². The van der Waals surface area contributed by atoms with E-state index in [1.54, 1.807) is 6.07 Å². The Kier molecular flexibility index (Phi) is 2.12. The van der Waals surface area contributed by atoms with Gasteiger partial charge in [-0.3, -0.25) is 10.1 Å². The van der Waals surface area contributed by atoms with Crippen molar-refractivity contribution in [2.45, 2.75) is 12.2 Å². The average molecular weight is 209 g/mol. The van der Waals surface area contributed by atoms with Crippen LogP contribution < -0.4 is 0 Å². The van der Waals surface area contributed by atoms with Crippen molar-refractivity contribution in [3.63, 3.8) is 0 Å². The van der Waals surface area contributed by atoms with Crippen molar-refractivity contribution in [2.75, 3.05) is 0 Å². The zero-order valence-corrected chi connectivity index (χ0v) is 7.49. The molecule has 1 aromatic carbocycles. The third-order valence-electron chi connectivity index (χ3n) is 2.17. The summed E-state index contributed by atoms with van der Waals surface area (Å²) >= 11 is 0. The number of nitro benzene ring substituents is 1. The number of carboxylic acids is 1. The fourth-order valence-electron chi connectivity index (χ4n) is 1.43. The number of epoxide rings is 1. The molecule has 1 fully saturated rings. The van der Waals surface area contributed by atoms with Gasteiger partial charge in [-0.05, 0) is 6.07 Å². The Hall–Kier alpha value is -1.95. The number of benzene rings is 1. The van der Waals surface area contributed by atoms with Gasteiger partial charge in [0.25, 0.3) is 5.69 Å². The maximum Gasteiger partial charge on any atom is 0.335 e. The lowest BCUT2D eigenvalue weighted by molar-refractivity contribution is -0.385. The molecule has 1 aromatic rings. The van der Waals surface area contributed by atoms with Gasteiger partial charge in [0, 0.05) is 6.07 Å². The van der Waals surface area contributed by atoms with Crippen LogP contribution in [0.4, 0.5) is 5.69 Å². The number of para-hydroxylation sites is 1. The molecule has 2 atom stereocenters. The van der Waals surface area contributed by atoms with E-state index in [1.807, 2.05) is 0 Å².